The molecular formula is C13H10ClF2N. The molecule has 17 heavy (non-hydrogen) atoms. The van der Waals surface area contributed by atoms with Gasteiger partial charge in [-0.1, -0.05) is 18.2 Å². The van der Waals surface area contributed by atoms with Crippen LogP contribution in [0.3, 0.4) is 0 Å². The van der Waals surface area contributed by atoms with Gasteiger partial charge >= 0.3 is 0 Å². The first-order valence-corrected chi connectivity index (χ1v) is 5.60. The zero-order valence-electron chi connectivity index (χ0n) is 8.91. The van der Waals surface area contributed by atoms with Gasteiger partial charge in [-0.2, -0.15) is 0 Å². The molecular weight excluding hydrogens is 244 g/mol. The Bertz CT molecular complexity index is 502. The van der Waals surface area contributed by atoms with Gasteiger partial charge in [0, 0.05) is 23.9 Å². The summed E-state index contributed by atoms with van der Waals surface area (Å²) in [7, 11) is 0. The van der Waals surface area contributed by atoms with Gasteiger partial charge in [-0.25, -0.2) is 8.78 Å². The molecule has 1 aromatic carbocycles. The lowest BCUT2D eigenvalue weighted by Crippen LogP contribution is -2.02. The van der Waals surface area contributed by atoms with Crippen LogP contribution < -0.4 is 0 Å². The minimum atomic E-state index is -0.886. The maximum Gasteiger partial charge on any atom is 0.163 e. The number of alkyl halides is 1. The molecule has 88 valence electrons. The van der Waals surface area contributed by atoms with E-state index in [2.05, 4.69) is 4.98 Å². The van der Waals surface area contributed by atoms with Crippen molar-refractivity contribution in [1.29, 1.82) is 0 Å². The van der Waals surface area contributed by atoms with Crippen LogP contribution in [-0.2, 0) is 6.42 Å². The Balaban J connectivity index is 2.20. The van der Waals surface area contributed by atoms with Gasteiger partial charge in [0.05, 0.1) is 5.38 Å². The van der Waals surface area contributed by atoms with Crippen LogP contribution in [0.5, 0.6) is 0 Å². The minimum absolute atomic E-state index is 0.164. The molecule has 1 atom stereocenters. The molecule has 0 aliphatic carbocycles. The highest BCUT2D eigenvalue weighted by atomic mass is 35.5. The lowest BCUT2D eigenvalue weighted by Gasteiger charge is -2.10. The van der Waals surface area contributed by atoms with Crippen LogP contribution in [0.25, 0.3) is 0 Å². The Morgan fingerprint density at radius 2 is 1.94 bits per heavy atom. The normalized spacial score (nSPS) is 12.4. The van der Waals surface area contributed by atoms with Crippen molar-refractivity contribution in [3.05, 3.63) is 65.5 Å². The molecule has 1 nitrogen and oxygen atoms in total. The number of aromatic nitrogens is 1. The minimum Gasteiger partial charge on any atom is -0.261 e. The van der Waals surface area contributed by atoms with E-state index in [-0.39, 0.29) is 5.56 Å². The van der Waals surface area contributed by atoms with Crippen molar-refractivity contribution in [1.82, 2.24) is 4.98 Å². The molecule has 0 aliphatic rings. The molecule has 1 aromatic heterocycles. The quantitative estimate of drug-likeness (QED) is 0.757. The topological polar surface area (TPSA) is 12.9 Å². The number of benzene rings is 1. The summed E-state index contributed by atoms with van der Waals surface area (Å²) in [6.07, 6.45) is 2.00. The van der Waals surface area contributed by atoms with Gasteiger partial charge in [0.1, 0.15) is 0 Å². The van der Waals surface area contributed by atoms with E-state index in [1.165, 1.54) is 12.1 Å². The maximum atomic E-state index is 13.5. The fraction of sp³-hybridized carbons (Fsp3) is 0.154. The summed E-state index contributed by atoms with van der Waals surface area (Å²) in [6, 6.07) is 9.42. The maximum absolute atomic E-state index is 13.5. The van der Waals surface area contributed by atoms with E-state index in [0.717, 1.165) is 11.8 Å². The monoisotopic (exact) mass is 253 g/mol. The molecule has 1 heterocycles. The van der Waals surface area contributed by atoms with Gasteiger partial charge in [0.25, 0.3) is 0 Å². The Morgan fingerprint density at radius 3 is 2.65 bits per heavy atom. The van der Waals surface area contributed by atoms with Gasteiger partial charge in [-0.3, -0.25) is 4.98 Å². The number of pyridine rings is 1. The third-order valence-electron chi connectivity index (χ3n) is 2.43. The van der Waals surface area contributed by atoms with Gasteiger partial charge in [-0.05, 0) is 18.2 Å². The smallest absolute Gasteiger partial charge is 0.163 e. The van der Waals surface area contributed by atoms with Crippen molar-refractivity contribution in [3.63, 3.8) is 0 Å². The number of hydrogen-bond acceptors (Lipinski definition) is 1. The molecule has 4 heteroatoms. The third kappa shape index (κ3) is 2.80. The number of hydrogen-bond donors (Lipinski definition) is 0. The van der Waals surface area contributed by atoms with Crippen molar-refractivity contribution < 1.29 is 8.78 Å². The first kappa shape index (κ1) is 12.0. The molecule has 0 saturated carbocycles. The Kier molecular flexibility index (Phi) is 3.69. The average Bonchev–Trinajstić information content (AvgIpc) is 2.34. The van der Waals surface area contributed by atoms with Crippen molar-refractivity contribution in [2.24, 2.45) is 0 Å². The lowest BCUT2D eigenvalue weighted by atomic mass is 10.1. The van der Waals surface area contributed by atoms with E-state index in [9.17, 15) is 8.78 Å². The summed E-state index contributed by atoms with van der Waals surface area (Å²) >= 11 is 6.07. The van der Waals surface area contributed by atoms with E-state index in [0.29, 0.717) is 6.42 Å². The van der Waals surface area contributed by atoms with E-state index in [1.54, 1.807) is 18.3 Å². The average molecular weight is 254 g/mol. The number of halogens is 3. The largest absolute Gasteiger partial charge is 0.261 e. The molecule has 0 radical (unpaired) electrons. The Hall–Kier alpha value is -1.48. The molecule has 2 rings (SSSR count). The fourth-order valence-corrected chi connectivity index (χ4v) is 1.90. The molecule has 1 unspecified atom stereocenters. The Morgan fingerprint density at radius 1 is 1.12 bits per heavy atom. The van der Waals surface area contributed by atoms with Gasteiger partial charge in [-0.15, -0.1) is 11.6 Å². The second-order valence-electron chi connectivity index (χ2n) is 3.64. The molecule has 0 aliphatic heterocycles. The molecule has 0 amide bonds. The van der Waals surface area contributed by atoms with Crippen LogP contribution in [0.1, 0.15) is 16.6 Å². The van der Waals surface area contributed by atoms with Crippen molar-refractivity contribution in [2.45, 2.75) is 11.8 Å². The highest BCUT2D eigenvalue weighted by Gasteiger charge is 2.16. The summed E-state index contributed by atoms with van der Waals surface area (Å²) in [6.45, 7) is 0. The predicted molar refractivity (Wildman–Crippen MR) is 62.9 cm³/mol. The van der Waals surface area contributed by atoms with Gasteiger partial charge < -0.3 is 0 Å². The van der Waals surface area contributed by atoms with Crippen molar-refractivity contribution in [2.75, 3.05) is 0 Å². The van der Waals surface area contributed by atoms with E-state index < -0.39 is 17.0 Å². The van der Waals surface area contributed by atoms with E-state index in [1.807, 2.05) is 6.07 Å². The molecule has 0 N–H and O–H groups in total. The van der Waals surface area contributed by atoms with E-state index in [4.69, 9.17) is 11.6 Å². The SMILES string of the molecule is Fc1cccc(C(Cl)Cc2ccccn2)c1F. The Labute approximate surface area is 103 Å². The van der Waals surface area contributed by atoms with Crippen LogP contribution in [0.2, 0.25) is 0 Å². The molecule has 0 fully saturated rings. The van der Waals surface area contributed by atoms with Crippen LogP contribution in [-0.4, -0.2) is 4.98 Å². The highest BCUT2D eigenvalue weighted by molar-refractivity contribution is 6.20. The zero-order valence-corrected chi connectivity index (χ0v) is 9.66. The molecule has 0 saturated heterocycles. The zero-order chi connectivity index (χ0) is 12.3. The van der Waals surface area contributed by atoms with Crippen LogP contribution >= 0.6 is 11.6 Å². The van der Waals surface area contributed by atoms with Gasteiger partial charge in [0.15, 0.2) is 11.6 Å². The number of nitrogens with zero attached hydrogens (tertiary/aromatic N) is 1. The second kappa shape index (κ2) is 5.23. The van der Waals surface area contributed by atoms with Crippen LogP contribution in [0, 0.1) is 11.6 Å². The summed E-state index contributed by atoms with van der Waals surface area (Å²) in [4.78, 5) is 4.10. The molecule has 0 spiro atoms. The summed E-state index contributed by atoms with van der Waals surface area (Å²) in [5, 5.41) is -0.624. The predicted octanol–water partition coefficient (Wildman–Crippen LogP) is 3.88. The summed E-state index contributed by atoms with van der Waals surface area (Å²) in [5.41, 5.74) is 0.911. The van der Waals surface area contributed by atoms with Crippen molar-refractivity contribution >= 4 is 11.6 Å². The number of rotatable bonds is 3. The fourth-order valence-electron chi connectivity index (χ4n) is 1.57. The van der Waals surface area contributed by atoms with E-state index >= 15 is 0 Å². The van der Waals surface area contributed by atoms with Crippen LogP contribution in [0.4, 0.5) is 8.78 Å². The van der Waals surface area contributed by atoms with Crippen LogP contribution in [0.15, 0.2) is 42.6 Å². The summed E-state index contributed by atoms with van der Waals surface area (Å²) in [5.74, 6) is -1.77. The third-order valence-corrected chi connectivity index (χ3v) is 2.82. The standard InChI is InChI=1S/C13H10ClF2N/c14-11(8-9-4-1-2-7-17-9)10-5-3-6-12(15)13(10)16/h1-7,11H,8H2. The second-order valence-corrected chi connectivity index (χ2v) is 4.16. The first-order valence-electron chi connectivity index (χ1n) is 5.16. The molecule has 2 aromatic rings. The lowest BCUT2D eigenvalue weighted by molar-refractivity contribution is 0.497. The summed E-state index contributed by atoms with van der Waals surface area (Å²) < 4.78 is 26.5. The first-order chi connectivity index (χ1) is 8.18. The van der Waals surface area contributed by atoms with Crippen molar-refractivity contribution in [3.8, 4) is 0 Å². The molecule has 0 bridgehead atoms. The highest BCUT2D eigenvalue weighted by Crippen LogP contribution is 2.27. The van der Waals surface area contributed by atoms with Gasteiger partial charge in [0.2, 0.25) is 0 Å².